The van der Waals surface area contributed by atoms with Gasteiger partial charge in [-0.15, -0.1) is 11.3 Å². The van der Waals surface area contributed by atoms with Crippen molar-refractivity contribution in [3.63, 3.8) is 0 Å². The number of nitrogens with zero attached hydrogens (tertiary/aromatic N) is 3. The summed E-state index contributed by atoms with van der Waals surface area (Å²) in [7, 11) is 1.85. The Morgan fingerprint density at radius 1 is 1.22 bits per heavy atom. The summed E-state index contributed by atoms with van der Waals surface area (Å²) in [6.45, 7) is 6.01. The average molecular weight is 263 g/mol. The number of rotatable bonds is 4. The lowest BCUT2D eigenvalue weighted by Crippen LogP contribution is -2.09. The van der Waals surface area contributed by atoms with Gasteiger partial charge in [-0.05, 0) is 20.8 Å². The number of thiazole rings is 1. The molecule has 0 fully saturated rings. The molecule has 0 saturated carbocycles. The van der Waals surface area contributed by atoms with E-state index in [9.17, 15) is 0 Å². The van der Waals surface area contributed by atoms with Gasteiger partial charge in [0.05, 0.1) is 6.04 Å². The van der Waals surface area contributed by atoms with Crippen LogP contribution in [0.25, 0.3) is 0 Å². The molecule has 1 unspecified atom stereocenters. The summed E-state index contributed by atoms with van der Waals surface area (Å²) in [5, 5.41) is 7.43. The number of hydrogen-bond acceptors (Lipinski definition) is 6. The van der Waals surface area contributed by atoms with Gasteiger partial charge in [0.25, 0.3) is 0 Å². The van der Waals surface area contributed by atoms with Gasteiger partial charge in [-0.3, -0.25) is 0 Å². The van der Waals surface area contributed by atoms with Crippen molar-refractivity contribution in [2.45, 2.75) is 26.8 Å². The summed E-state index contributed by atoms with van der Waals surface area (Å²) in [6.07, 6.45) is 1.89. The van der Waals surface area contributed by atoms with E-state index in [-0.39, 0.29) is 6.04 Å². The normalized spacial score (nSPS) is 12.2. The fourth-order valence-corrected chi connectivity index (χ4v) is 2.40. The maximum atomic E-state index is 4.37. The second-order valence-corrected chi connectivity index (χ2v) is 5.38. The van der Waals surface area contributed by atoms with Crippen LogP contribution in [0.5, 0.6) is 0 Å². The number of aryl methyl sites for hydroxylation is 2. The van der Waals surface area contributed by atoms with E-state index in [1.54, 1.807) is 11.3 Å². The minimum atomic E-state index is 0.141. The standard InChI is InChI=1S/C12H17N5S/c1-7-6-14-12(18-7)8(2)15-11-5-10(13-4)16-9(3)17-11/h5-6,8H,1-4H3,(H2,13,15,16,17). The summed E-state index contributed by atoms with van der Waals surface area (Å²) >= 11 is 1.70. The van der Waals surface area contributed by atoms with Crippen molar-refractivity contribution in [3.05, 3.63) is 28.0 Å². The molecular formula is C12H17N5S. The molecule has 2 aromatic heterocycles. The minimum Gasteiger partial charge on any atom is -0.373 e. The van der Waals surface area contributed by atoms with E-state index in [0.717, 1.165) is 22.5 Å². The average Bonchev–Trinajstić information content (AvgIpc) is 2.75. The zero-order valence-corrected chi connectivity index (χ0v) is 11.8. The first kappa shape index (κ1) is 12.8. The molecule has 0 radical (unpaired) electrons. The van der Waals surface area contributed by atoms with E-state index >= 15 is 0 Å². The van der Waals surface area contributed by atoms with E-state index in [2.05, 4.69) is 39.4 Å². The van der Waals surface area contributed by atoms with Gasteiger partial charge in [0.2, 0.25) is 0 Å². The van der Waals surface area contributed by atoms with Gasteiger partial charge < -0.3 is 10.6 Å². The molecular weight excluding hydrogens is 246 g/mol. The Kier molecular flexibility index (Phi) is 3.76. The molecule has 0 aliphatic carbocycles. The molecule has 0 saturated heterocycles. The van der Waals surface area contributed by atoms with Gasteiger partial charge in [-0.1, -0.05) is 0 Å². The highest BCUT2D eigenvalue weighted by Gasteiger charge is 2.10. The molecule has 1 atom stereocenters. The van der Waals surface area contributed by atoms with Gasteiger partial charge >= 0.3 is 0 Å². The summed E-state index contributed by atoms with van der Waals surface area (Å²) in [5.74, 6) is 2.37. The fraction of sp³-hybridized carbons (Fsp3) is 0.417. The molecule has 18 heavy (non-hydrogen) atoms. The number of hydrogen-bond donors (Lipinski definition) is 2. The molecule has 2 heterocycles. The zero-order valence-electron chi connectivity index (χ0n) is 11.0. The Labute approximate surface area is 111 Å². The minimum absolute atomic E-state index is 0.141. The van der Waals surface area contributed by atoms with Crippen molar-refractivity contribution < 1.29 is 0 Å². The van der Waals surface area contributed by atoms with Crippen molar-refractivity contribution >= 4 is 23.0 Å². The number of aromatic nitrogens is 3. The van der Waals surface area contributed by atoms with Crippen LogP contribution in [0, 0.1) is 13.8 Å². The van der Waals surface area contributed by atoms with Crippen molar-refractivity contribution in [2.75, 3.05) is 17.7 Å². The highest BCUT2D eigenvalue weighted by Crippen LogP contribution is 2.23. The summed E-state index contributed by atoms with van der Waals surface area (Å²) < 4.78 is 0. The Hall–Kier alpha value is -1.69. The highest BCUT2D eigenvalue weighted by molar-refractivity contribution is 7.11. The lowest BCUT2D eigenvalue weighted by atomic mass is 10.3. The first-order chi connectivity index (χ1) is 8.58. The van der Waals surface area contributed by atoms with Gasteiger partial charge in [-0.2, -0.15) is 0 Å². The summed E-state index contributed by atoms with van der Waals surface area (Å²) in [4.78, 5) is 14.2. The van der Waals surface area contributed by atoms with Crippen molar-refractivity contribution in [2.24, 2.45) is 0 Å². The maximum Gasteiger partial charge on any atom is 0.132 e. The second-order valence-electron chi connectivity index (χ2n) is 4.11. The largest absolute Gasteiger partial charge is 0.373 e. The molecule has 2 N–H and O–H groups in total. The third kappa shape index (κ3) is 2.95. The monoisotopic (exact) mass is 263 g/mol. The van der Waals surface area contributed by atoms with E-state index in [1.807, 2.05) is 26.2 Å². The Balaban J connectivity index is 2.16. The van der Waals surface area contributed by atoms with Crippen LogP contribution in [0.4, 0.5) is 11.6 Å². The highest BCUT2D eigenvalue weighted by atomic mass is 32.1. The third-order valence-corrected chi connectivity index (χ3v) is 3.56. The molecule has 2 aromatic rings. The molecule has 0 aromatic carbocycles. The molecule has 96 valence electrons. The SMILES string of the molecule is CNc1cc(NC(C)c2ncc(C)s2)nc(C)n1. The van der Waals surface area contributed by atoms with E-state index < -0.39 is 0 Å². The van der Waals surface area contributed by atoms with Gasteiger partial charge in [-0.25, -0.2) is 15.0 Å². The van der Waals surface area contributed by atoms with Crippen LogP contribution in [0.1, 0.15) is 28.7 Å². The third-order valence-electron chi connectivity index (χ3n) is 2.47. The van der Waals surface area contributed by atoms with Crippen molar-refractivity contribution in [3.8, 4) is 0 Å². The van der Waals surface area contributed by atoms with Crippen LogP contribution in [-0.2, 0) is 0 Å². The topological polar surface area (TPSA) is 62.7 Å². The summed E-state index contributed by atoms with van der Waals surface area (Å²) in [5.41, 5.74) is 0. The second kappa shape index (κ2) is 5.30. The Bertz CT molecular complexity index is 537. The van der Waals surface area contributed by atoms with Crippen molar-refractivity contribution in [1.82, 2.24) is 15.0 Å². The Morgan fingerprint density at radius 3 is 2.56 bits per heavy atom. The summed E-state index contributed by atoms with van der Waals surface area (Å²) in [6, 6.07) is 2.03. The first-order valence-corrected chi connectivity index (χ1v) is 6.62. The molecule has 5 nitrogen and oxygen atoms in total. The number of nitrogens with one attached hydrogen (secondary N) is 2. The maximum absolute atomic E-state index is 4.37. The molecule has 0 amide bonds. The smallest absolute Gasteiger partial charge is 0.132 e. The molecule has 0 aliphatic heterocycles. The molecule has 0 aliphatic rings. The van der Waals surface area contributed by atoms with Crippen LogP contribution >= 0.6 is 11.3 Å². The number of anilines is 2. The lowest BCUT2D eigenvalue weighted by molar-refractivity contribution is 0.854. The van der Waals surface area contributed by atoms with Crippen LogP contribution in [-0.4, -0.2) is 22.0 Å². The zero-order chi connectivity index (χ0) is 13.1. The van der Waals surface area contributed by atoms with Crippen LogP contribution in [0.3, 0.4) is 0 Å². The molecule has 6 heteroatoms. The van der Waals surface area contributed by atoms with Crippen LogP contribution in [0.15, 0.2) is 12.3 Å². The van der Waals surface area contributed by atoms with Gasteiger partial charge in [0, 0.05) is 24.2 Å². The molecule has 0 bridgehead atoms. The Morgan fingerprint density at radius 2 is 1.94 bits per heavy atom. The predicted octanol–water partition coefficient (Wildman–Crippen LogP) is 2.76. The van der Waals surface area contributed by atoms with E-state index in [1.165, 1.54) is 4.88 Å². The lowest BCUT2D eigenvalue weighted by Gasteiger charge is -2.13. The van der Waals surface area contributed by atoms with Crippen LogP contribution in [0.2, 0.25) is 0 Å². The van der Waals surface area contributed by atoms with E-state index in [0.29, 0.717) is 0 Å². The van der Waals surface area contributed by atoms with Gasteiger partial charge in [0.1, 0.15) is 22.5 Å². The predicted molar refractivity (Wildman–Crippen MR) is 75.2 cm³/mol. The fourth-order valence-electron chi connectivity index (χ4n) is 1.63. The molecule has 0 spiro atoms. The first-order valence-electron chi connectivity index (χ1n) is 5.81. The quantitative estimate of drug-likeness (QED) is 0.888. The van der Waals surface area contributed by atoms with E-state index in [4.69, 9.17) is 0 Å². The van der Waals surface area contributed by atoms with Gasteiger partial charge in [0.15, 0.2) is 0 Å². The van der Waals surface area contributed by atoms with Crippen LogP contribution < -0.4 is 10.6 Å². The van der Waals surface area contributed by atoms with Crippen molar-refractivity contribution in [1.29, 1.82) is 0 Å². The molecule has 2 rings (SSSR count).